The zero-order chi connectivity index (χ0) is 19.2. The van der Waals surface area contributed by atoms with Gasteiger partial charge in [-0.3, -0.25) is 9.79 Å². The number of halogens is 3. The summed E-state index contributed by atoms with van der Waals surface area (Å²) in [5.41, 5.74) is 2.30. The number of benzene rings is 2. The molecular formula is C20H23F2IN4O. The number of aliphatic imine (C=N–C) groups is 1. The Bertz CT molecular complexity index is 860. The summed E-state index contributed by atoms with van der Waals surface area (Å²) in [7, 11) is 1.55. The standard InChI is InChI=1S/C20H22F2N4O.HI/c1-23-20(24-12-15-11-16(21)8-9-17(15)22)25-13-19(27)26-10-4-6-14-5-2-3-7-18(14)26;/h2-3,5,7-9,11H,4,6,10,12-13H2,1H3,(H2,23,24,25);1H. The number of nitrogens with one attached hydrogen (secondary N) is 2. The van der Waals surface area contributed by atoms with Crippen molar-refractivity contribution in [2.45, 2.75) is 19.4 Å². The van der Waals surface area contributed by atoms with E-state index in [0.717, 1.165) is 36.7 Å². The second kappa shape index (κ2) is 10.4. The zero-order valence-electron chi connectivity index (χ0n) is 15.5. The highest BCUT2D eigenvalue weighted by atomic mass is 127. The number of aryl methyl sites for hydroxylation is 1. The molecule has 2 aromatic carbocycles. The fraction of sp³-hybridized carbons (Fsp3) is 0.300. The van der Waals surface area contributed by atoms with Crippen molar-refractivity contribution < 1.29 is 13.6 Å². The van der Waals surface area contributed by atoms with Crippen molar-refractivity contribution in [3.05, 3.63) is 65.2 Å². The fourth-order valence-corrected chi connectivity index (χ4v) is 3.13. The molecule has 0 atom stereocenters. The molecule has 0 saturated carbocycles. The SMILES string of the molecule is CN=C(NCC(=O)N1CCCc2ccccc21)NCc1cc(F)ccc1F.I. The van der Waals surface area contributed by atoms with E-state index in [0.29, 0.717) is 12.5 Å². The van der Waals surface area contributed by atoms with Gasteiger partial charge in [0.15, 0.2) is 5.96 Å². The van der Waals surface area contributed by atoms with Crippen molar-refractivity contribution in [3.8, 4) is 0 Å². The lowest BCUT2D eigenvalue weighted by Crippen LogP contribution is -2.46. The predicted molar refractivity (Wildman–Crippen MR) is 117 cm³/mol. The van der Waals surface area contributed by atoms with E-state index >= 15 is 0 Å². The van der Waals surface area contributed by atoms with Crippen LogP contribution in [-0.4, -0.2) is 32.0 Å². The Kier molecular flexibility index (Phi) is 8.16. The Labute approximate surface area is 180 Å². The molecule has 8 heteroatoms. The molecule has 2 N–H and O–H groups in total. The lowest BCUT2D eigenvalue weighted by molar-refractivity contribution is -0.117. The van der Waals surface area contributed by atoms with E-state index in [-0.39, 0.29) is 48.5 Å². The van der Waals surface area contributed by atoms with Crippen molar-refractivity contribution in [3.63, 3.8) is 0 Å². The van der Waals surface area contributed by atoms with Gasteiger partial charge in [0, 0.05) is 31.4 Å². The summed E-state index contributed by atoms with van der Waals surface area (Å²) < 4.78 is 26.9. The summed E-state index contributed by atoms with van der Waals surface area (Å²) in [6, 6.07) is 11.2. The van der Waals surface area contributed by atoms with E-state index in [9.17, 15) is 13.6 Å². The summed E-state index contributed by atoms with van der Waals surface area (Å²) in [5.74, 6) is -0.727. The average molecular weight is 500 g/mol. The van der Waals surface area contributed by atoms with Gasteiger partial charge in [0.05, 0.1) is 6.54 Å². The Morgan fingerprint density at radius 2 is 1.96 bits per heavy atom. The molecule has 0 spiro atoms. The normalized spacial score (nSPS) is 13.4. The number of para-hydroxylation sites is 1. The van der Waals surface area contributed by atoms with Crippen LogP contribution < -0.4 is 15.5 Å². The van der Waals surface area contributed by atoms with Crippen LogP contribution >= 0.6 is 24.0 Å². The fourth-order valence-electron chi connectivity index (χ4n) is 3.13. The van der Waals surface area contributed by atoms with Gasteiger partial charge in [0.2, 0.25) is 5.91 Å². The number of hydrogen-bond acceptors (Lipinski definition) is 2. The lowest BCUT2D eigenvalue weighted by Gasteiger charge is -2.29. The molecule has 28 heavy (non-hydrogen) atoms. The van der Waals surface area contributed by atoms with Crippen LogP contribution in [0.5, 0.6) is 0 Å². The molecular weight excluding hydrogens is 477 g/mol. The van der Waals surface area contributed by atoms with Gasteiger partial charge in [0.25, 0.3) is 0 Å². The van der Waals surface area contributed by atoms with Crippen LogP contribution in [0, 0.1) is 11.6 Å². The minimum absolute atomic E-state index is 0. The number of hydrogen-bond donors (Lipinski definition) is 2. The molecule has 1 aliphatic rings. The topological polar surface area (TPSA) is 56.7 Å². The van der Waals surface area contributed by atoms with Crippen LogP contribution in [0.2, 0.25) is 0 Å². The van der Waals surface area contributed by atoms with Crippen LogP contribution in [0.25, 0.3) is 0 Å². The van der Waals surface area contributed by atoms with Crippen LogP contribution in [0.1, 0.15) is 17.5 Å². The highest BCUT2D eigenvalue weighted by Crippen LogP contribution is 2.26. The maximum Gasteiger partial charge on any atom is 0.246 e. The summed E-state index contributed by atoms with van der Waals surface area (Å²) in [5, 5.41) is 5.83. The van der Waals surface area contributed by atoms with Gasteiger partial charge in [-0.05, 0) is 42.7 Å². The van der Waals surface area contributed by atoms with E-state index < -0.39 is 11.6 Å². The zero-order valence-corrected chi connectivity index (χ0v) is 17.9. The number of nitrogens with zero attached hydrogens (tertiary/aromatic N) is 2. The number of guanidine groups is 1. The molecule has 0 bridgehead atoms. The molecule has 0 saturated heterocycles. The molecule has 0 radical (unpaired) electrons. The Morgan fingerprint density at radius 1 is 1.18 bits per heavy atom. The lowest BCUT2D eigenvalue weighted by atomic mass is 10.0. The third-order valence-corrected chi connectivity index (χ3v) is 4.50. The second-order valence-electron chi connectivity index (χ2n) is 6.29. The number of carbonyl (C=O) groups is 1. The maximum atomic E-state index is 13.7. The molecule has 2 aromatic rings. The van der Waals surface area contributed by atoms with Crippen molar-refractivity contribution >= 4 is 41.5 Å². The van der Waals surface area contributed by atoms with Gasteiger partial charge >= 0.3 is 0 Å². The Morgan fingerprint density at radius 3 is 2.75 bits per heavy atom. The third kappa shape index (κ3) is 5.40. The summed E-state index contributed by atoms with van der Waals surface area (Å²) >= 11 is 0. The van der Waals surface area contributed by atoms with Crippen LogP contribution in [-0.2, 0) is 17.8 Å². The molecule has 0 aliphatic carbocycles. The van der Waals surface area contributed by atoms with Gasteiger partial charge in [-0.2, -0.15) is 0 Å². The average Bonchev–Trinajstić information content (AvgIpc) is 2.69. The third-order valence-electron chi connectivity index (χ3n) is 4.50. The second-order valence-corrected chi connectivity index (χ2v) is 6.29. The smallest absolute Gasteiger partial charge is 0.246 e. The minimum Gasteiger partial charge on any atom is -0.352 e. The number of carbonyl (C=O) groups excluding carboxylic acids is 1. The quantitative estimate of drug-likeness (QED) is 0.385. The first-order chi connectivity index (χ1) is 13.1. The van der Waals surface area contributed by atoms with Crippen molar-refractivity contribution in [2.24, 2.45) is 4.99 Å². The number of amides is 1. The summed E-state index contributed by atoms with van der Waals surface area (Å²) in [6.45, 7) is 0.793. The Hall–Kier alpha value is -2.23. The van der Waals surface area contributed by atoms with E-state index in [4.69, 9.17) is 0 Å². The number of fused-ring (bicyclic) bond motifs is 1. The molecule has 1 aliphatic heterocycles. The van der Waals surface area contributed by atoms with Crippen molar-refractivity contribution in [2.75, 3.05) is 25.0 Å². The van der Waals surface area contributed by atoms with Crippen LogP contribution in [0.15, 0.2) is 47.5 Å². The number of rotatable bonds is 4. The monoisotopic (exact) mass is 500 g/mol. The van der Waals surface area contributed by atoms with Crippen LogP contribution in [0.3, 0.4) is 0 Å². The summed E-state index contributed by atoms with van der Waals surface area (Å²) in [6.07, 6.45) is 1.89. The van der Waals surface area contributed by atoms with E-state index in [1.807, 2.05) is 24.3 Å². The first kappa shape index (κ1) is 22.1. The highest BCUT2D eigenvalue weighted by Gasteiger charge is 2.22. The van der Waals surface area contributed by atoms with E-state index in [1.165, 1.54) is 5.56 Å². The predicted octanol–water partition coefficient (Wildman–Crippen LogP) is 3.23. The van der Waals surface area contributed by atoms with Crippen molar-refractivity contribution in [1.29, 1.82) is 0 Å². The molecule has 3 rings (SSSR count). The molecule has 0 fully saturated rings. The molecule has 1 heterocycles. The van der Waals surface area contributed by atoms with Gasteiger partial charge < -0.3 is 15.5 Å². The molecule has 5 nitrogen and oxygen atoms in total. The van der Waals surface area contributed by atoms with Gasteiger partial charge in [-0.1, -0.05) is 18.2 Å². The largest absolute Gasteiger partial charge is 0.352 e. The van der Waals surface area contributed by atoms with Gasteiger partial charge in [-0.15, -0.1) is 24.0 Å². The minimum atomic E-state index is -0.505. The molecule has 1 amide bonds. The van der Waals surface area contributed by atoms with E-state index in [1.54, 1.807) is 11.9 Å². The van der Waals surface area contributed by atoms with Gasteiger partial charge in [0.1, 0.15) is 11.6 Å². The Balaban J connectivity index is 0.00000280. The first-order valence-corrected chi connectivity index (χ1v) is 8.85. The maximum absolute atomic E-state index is 13.7. The first-order valence-electron chi connectivity index (χ1n) is 8.85. The van der Waals surface area contributed by atoms with E-state index in [2.05, 4.69) is 15.6 Å². The van der Waals surface area contributed by atoms with Gasteiger partial charge in [-0.25, -0.2) is 8.78 Å². The highest BCUT2D eigenvalue weighted by molar-refractivity contribution is 14.0. The summed E-state index contributed by atoms with van der Waals surface area (Å²) in [4.78, 5) is 18.4. The molecule has 0 unspecified atom stereocenters. The molecule has 0 aromatic heterocycles. The van der Waals surface area contributed by atoms with Crippen LogP contribution in [0.4, 0.5) is 14.5 Å². The van der Waals surface area contributed by atoms with Crippen molar-refractivity contribution in [1.82, 2.24) is 10.6 Å². The number of anilines is 1. The molecule has 150 valence electrons.